The lowest BCUT2D eigenvalue weighted by atomic mass is 9.79. The zero-order valence-electron chi connectivity index (χ0n) is 8.97. The van der Waals surface area contributed by atoms with Crippen molar-refractivity contribution in [2.75, 3.05) is 0 Å². The largest absolute Gasteiger partial charge is 0.481 e. The summed E-state index contributed by atoms with van der Waals surface area (Å²) in [5.74, 6) is -2.85. The van der Waals surface area contributed by atoms with E-state index in [1.54, 1.807) is 0 Å². The molecule has 0 atom stereocenters. The highest BCUT2D eigenvalue weighted by molar-refractivity contribution is 6.30. The molecule has 2 nitrogen and oxygen atoms in total. The molecule has 1 N–H and O–H groups in total. The normalized spacial score (nSPS) is 18.3. The Bertz CT molecular complexity index is 445. The average Bonchev–Trinajstić information content (AvgIpc) is 2.75. The lowest BCUT2D eigenvalue weighted by Gasteiger charge is -2.24. The minimum absolute atomic E-state index is 0.168. The highest BCUT2D eigenvalue weighted by Gasteiger charge is 2.43. The molecule has 0 unspecified atom stereocenters. The molecule has 1 fully saturated rings. The molecule has 0 spiro atoms. The van der Waals surface area contributed by atoms with E-state index in [0.717, 1.165) is 25.0 Å². The zero-order chi connectivity index (χ0) is 12.6. The second kappa shape index (κ2) is 4.26. The van der Waals surface area contributed by atoms with Gasteiger partial charge in [0.25, 0.3) is 0 Å². The van der Waals surface area contributed by atoms with Gasteiger partial charge in [-0.15, -0.1) is 0 Å². The second-order valence-corrected chi connectivity index (χ2v) is 4.73. The van der Waals surface area contributed by atoms with Crippen LogP contribution in [0.5, 0.6) is 0 Å². The van der Waals surface area contributed by atoms with Crippen molar-refractivity contribution in [3.8, 4) is 0 Å². The summed E-state index contributed by atoms with van der Waals surface area (Å²) in [7, 11) is 0. The topological polar surface area (TPSA) is 37.3 Å². The van der Waals surface area contributed by atoms with Gasteiger partial charge in [0.05, 0.1) is 5.41 Å². The number of rotatable bonds is 2. The van der Waals surface area contributed by atoms with Crippen molar-refractivity contribution in [3.05, 3.63) is 34.4 Å². The van der Waals surface area contributed by atoms with Gasteiger partial charge >= 0.3 is 5.97 Å². The summed E-state index contributed by atoms with van der Waals surface area (Å²) in [6.45, 7) is 0. The standard InChI is InChI=1S/C12H11ClF2O2/c13-10-8(14)5-7(6-9(10)15)12(11(16)17)3-1-2-4-12/h5-6H,1-4H2,(H,16,17). The molecule has 1 aliphatic rings. The summed E-state index contributed by atoms with van der Waals surface area (Å²) in [5, 5.41) is 8.70. The highest BCUT2D eigenvalue weighted by atomic mass is 35.5. The van der Waals surface area contributed by atoms with Crippen LogP contribution < -0.4 is 0 Å². The quantitative estimate of drug-likeness (QED) is 0.826. The van der Waals surface area contributed by atoms with E-state index < -0.39 is 28.0 Å². The summed E-state index contributed by atoms with van der Waals surface area (Å²) in [4.78, 5) is 11.4. The van der Waals surface area contributed by atoms with Crippen LogP contribution in [-0.4, -0.2) is 11.1 Å². The molecule has 0 saturated heterocycles. The maximum Gasteiger partial charge on any atom is 0.314 e. The molecular formula is C12H11ClF2O2. The van der Waals surface area contributed by atoms with Gasteiger partial charge in [-0.05, 0) is 30.5 Å². The summed E-state index contributed by atoms with van der Waals surface area (Å²) in [6, 6.07) is 2.07. The molecule has 0 aromatic heterocycles. The molecule has 0 aliphatic heterocycles. The molecule has 0 heterocycles. The van der Waals surface area contributed by atoms with Crippen molar-refractivity contribution in [2.24, 2.45) is 0 Å². The van der Waals surface area contributed by atoms with Crippen LogP contribution in [0.3, 0.4) is 0 Å². The fraction of sp³-hybridized carbons (Fsp3) is 0.417. The third-order valence-electron chi connectivity index (χ3n) is 3.40. The van der Waals surface area contributed by atoms with Gasteiger partial charge in [-0.3, -0.25) is 4.79 Å². The Kier molecular flexibility index (Phi) is 3.08. The minimum Gasteiger partial charge on any atom is -0.481 e. The molecule has 1 aromatic rings. The summed E-state index contributed by atoms with van der Waals surface area (Å²) in [6.07, 6.45) is 2.31. The van der Waals surface area contributed by atoms with E-state index in [4.69, 9.17) is 11.6 Å². The number of halogens is 3. The Morgan fingerprint density at radius 1 is 1.24 bits per heavy atom. The van der Waals surface area contributed by atoms with Gasteiger partial charge in [-0.1, -0.05) is 24.4 Å². The van der Waals surface area contributed by atoms with Gasteiger partial charge in [-0.25, -0.2) is 8.78 Å². The zero-order valence-corrected chi connectivity index (χ0v) is 9.73. The molecule has 1 aromatic carbocycles. The molecule has 1 saturated carbocycles. The van der Waals surface area contributed by atoms with Crippen LogP contribution in [0, 0.1) is 11.6 Å². The van der Waals surface area contributed by atoms with Crippen molar-refractivity contribution in [3.63, 3.8) is 0 Å². The van der Waals surface area contributed by atoms with Gasteiger partial charge in [0, 0.05) is 0 Å². The average molecular weight is 261 g/mol. The Morgan fingerprint density at radius 3 is 2.12 bits per heavy atom. The lowest BCUT2D eigenvalue weighted by Crippen LogP contribution is -2.32. The first-order valence-electron chi connectivity index (χ1n) is 5.36. The maximum absolute atomic E-state index is 13.4. The van der Waals surface area contributed by atoms with Crippen LogP contribution in [0.15, 0.2) is 12.1 Å². The first-order valence-corrected chi connectivity index (χ1v) is 5.73. The van der Waals surface area contributed by atoms with E-state index in [1.165, 1.54) is 0 Å². The summed E-state index contributed by atoms with van der Waals surface area (Å²) < 4.78 is 26.7. The molecular weight excluding hydrogens is 250 g/mol. The Morgan fingerprint density at radius 2 is 1.71 bits per heavy atom. The van der Waals surface area contributed by atoms with Crippen molar-refractivity contribution < 1.29 is 18.7 Å². The van der Waals surface area contributed by atoms with E-state index in [2.05, 4.69) is 0 Å². The molecule has 92 valence electrons. The van der Waals surface area contributed by atoms with Gasteiger partial charge < -0.3 is 5.11 Å². The van der Waals surface area contributed by atoms with Crippen molar-refractivity contribution >= 4 is 17.6 Å². The van der Waals surface area contributed by atoms with Gasteiger partial charge in [0.15, 0.2) is 0 Å². The molecule has 5 heteroatoms. The number of carboxylic acids is 1. The van der Waals surface area contributed by atoms with E-state index in [0.29, 0.717) is 12.8 Å². The Balaban J connectivity index is 2.55. The fourth-order valence-corrected chi connectivity index (χ4v) is 2.55. The number of hydrogen-bond acceptors (Lipinski definition) is 1. The second-order valence-electron chi connectivity index (χ2n) is 4.35. The van der Waals surface area contributed by atoms with E-state index in [9.17, 15) is 18.7 Å². The lowest BCUT2D eigenvalue weighted by molar-refractivity contribution is -0.143. The van der Waals surface area contributed by atoms with Gasteiger partial charge in [-0.2, -0.15) is 0 Å². The predicted molar refractivity (Wildman–Crippen MR) is 59.1 cm³/mol. The van der Waals surface area contributed by atoms with E-state index in [1.807, 2.05) is 0 Å². The van der Waals surface area contributed by atoms with Crippen LogP contribution in [0.4, 0.5) is 8.78 Å². The molecule has 0 amide bonds. The SMILES string of the molecule is O=C(O)C1(c2cc(F)c(Cl)c(F)c2)CCCC1. The number of aliphatic carboxylic acids is 1. The number of hydrogen-bond donors (Lipinski definition) is 1. The Hall–Kier alpha value is -1.16. The van der Waals surface area contributed by atoms with Gasteiger partial charge in [0.2, 0.25) is 0 Å². The number of carboxylic acid groups (broad SMARTS) is 1. The number of carbonyl (C=O) groups is 1. The summed E-state index contributed by atoms with van der Waals surface area (Å²) in [5.41, 5.74) is -0.992. The third kappa shape index (κ3) is 1.90. The smallest absolute Gasteiger partial charge is 0.314 e. The van der Waals surface area contributed by atoms with Crippen molar-refractivity contribution in [1.29, 1.82) is 0 Å². The van der Waals surface area contributed by atoms with E-state index >= 15 is 0 Å². The minimum atomic E-state index is -1.16. The van der Waals surface area contributed by atoms with Crippen LogP contribution in [0.1, 0.15) is 31.2 Å². The first-order chi connectivity index (χ1) is 7.97. The van der Waals surface area contributed by atoms with Crippen LogP contribution in [-0.2, 0) is 10.2 Å². The van der Waals surface area contributed by atoms with E-state index in [-0.39, 0.29) is 5.56 Å². The van der Waals surface area contributed by atoms with Crippen LogP contribution in [0.25, 0.3) is 0 Å². The summed E-state index contributed by atoms with van der Waals surface area (Å²) >= 11 is 5.38. The van der Waals surface area contributed by atoms with Crippen LogP contribution >= 0.6 is 11.6 Å². The molecule has 17 heavy (non-hydrogen) atoms. The molecule has 1 aliphatic carbocycles. The van der Waals surface area contributed by atoms with Crippen LogP contribution in [0.2, 0.25) is 5.02 Å². The Labute approximate surface area is 102 Å². The highest BCUT2D eigenvalue weighted by Crippen LogP contribution is 2.42. The monoisotopic (exact) mass is 260 g/mol. The molecule has 0 bridgehead atoms. The number of benzene rings is 1. The third-order valence-corrected chi connectivity index (χ3v) is 3.76. The van der Waals surface area contributed by atoms with Crippen molar-refractivity contribution in [1.82, 2.24) is 0 Å². The van der Waals surface area contributed by atoms with Crippen molar-refractivity contribution in [2.45, 2.75) is 31.1 Å². The maximum atomic E-state index is 13.4. The molecule has 2 rings (SSSR count). The first kappa shape index (κ1) is 12.3. The van der Waals surface area contributed by atoms with Gasteiger partial charge in [0.1, 0.15) is 16.7 Å². The molecule has 0 radical (unpaired) electrons. The predicted octanol–water partition coefficient (Wildman–Crippen LogP) is 3.51. The fourth-order valence-electron chi connectivity index (χ4n) is 2.44.